The van der Waals surface area contributed by atoms with Gasteiger partial charge >= 0.3 is 0 Å². The van der Waals surface area contributed by atoms with Crippen molar-refractivity contribution in [1.29, 1.82) is 0 Å². The van der Waals surface area contributed by atoms with Gasteiger partial charge in [0, 0.05) is 20.1 Å². The molecule has 0 spiro atoms. The molecule has 86 valence electrons. The molecule has 1 aliphatic carbocycles. The Morgan fingerprint density at radius 2 is 2.25 bits per heavy atom. The second kappa shape index (κ2) is 4.29. The Labute approximate surface area is 99.6 Å². The standard InChI is InChI=1S/C11H14ClN3O/c1-13-9-6-5-8(12)10(14-9)11(16)15(2)7-3-4-7/h5-7H,3-4H2,1-2H3,(H,13,14). The normalized spacial score (nSPS) is 14.7. The number of rotatable bonds is 3. The molecular weight excluding hydrogens is 226 g/mol. The third-order valence-electron chi connectivity index (χ3n) is 2.72. The van der Waals surface area contributed by atoms with Crippen LogP contribution in [0.2, 0.25) is 5.02 Å². The van der Waals surface area contributed by atoms with Crippen molar-refractivity contribution in [2.24, 2.45) is 0 Å². The smallest absolute Gasteiger partial charge is 0.274 e. The van der Waals surface area contributed by atoms with Gasteiger partial charge in [0.2, 0.25) is 0 Å². The molecule has 4 nitrogen and oxygen atoms in total. The maximum Gasteiger partial charge on any atom is 0.274 e. The molecule has 0 atom stereocenters. The number of nitrogens with zero attached hydrogens (tertiary/aromatic N) is 2. The summed E-state index contributed by atoms with van der Waals surface area (Å²) in [6, 6.07) is 3.80. The molecule has 5 heteroatoms. The zero-order valence-electron chi connectivity index (χ0n) is 9.33. The molecule has 0 bridgehead atoms. The van der Waals surface area contributed by atoms with E-state index in [4.69, 9.17) is 11.6 Å². The van der Waals surface area contributed by atoms with E-state index in [0.717, 1.165) is 12.8 Å². The van der Waals surface area contributed by atoms with E-state index in [2.05, 4.69) is 10.3 Å². The first kappa shape index (κ1) is 11.2. The lowest BCUT2D eigenvalue weighted by Crippen LogP contribution is -2.29. The van der Waals surface area contributed by atoms with Crippen LogP contribution in [0.3, 0.4) is 0 Å². The molecule has 0 aromatic carbocycles. The molecule has 1 heterocycles. The largest absolute Gasteiger partial charge is 0.373 e. The fourth-order valence-electron chi connectivity index (χ4n) is 1.53. The van der Waals surface area contributed by atoms with Gasteiger partial charge in [0.25, 0.3) is 5.91 Å². The van der Waals surface area contributed by atoms with Gasteiger partial charge in [0.05, 0.1) is 5.02 Å². The molecule has 2 rings (SSSR count). The van der Waals surface area contributed by atoms with Crippen molar-refractivity contribution in [2.75, 3.05) is 19.4 Å². The summed E-state index contributed by atoms with van der Waals surface area (Å²) >= 11 is 5.98. The minimum Gasteiger partial charge on any atom is -0.373 e. The summed E-state index contributed by atoms with van der Waals surface area (Å²) in [5, 5.41) is 3.29. The molecule has 0 radical (unpaired) electrons. The number of carbonyl (C=O) groups is 1. The van der Waals surface area contributed by atoms with Gasteiger partial charge in [-0.2, -0.15) is 0 Å². The van der Waals surface area contributed by atoms with Crippen LogP contribution < -0.4 is 5.32 Å². The number of pyridine rings is 1. The van der Waals surface area contributed by atoms with Crippen LogP contribution in [0.5, 0.6) is 0 Å². The van der Waals surface area contributed by atoms with E-state index in [0.29, 0.717) is 22.6 Å². The minimum atomic E-state index is -0.107. The third-order valence-corrected chi connectivity index (χ3v) is 3.02. The second-order valence-corrected chi connectivity index (χ2v) is 4.33. The molecule has 0 unspecified atom stereocenters. The van der Waals surface area contributed by atoms with Crippen molar-refractivity contribution in [3.8, 4) is 0 Å². The van der Waals surface area contributed by atoms with Crippen molar-refractivity contribution >= 4 is 23.3 Å². The minimum absolute atomic E-state index is 0.107. The fraction of sp³-hybridized carbons (Fsp3) is 0.455. The van der Waals surface area contributed by atoms with Crippen LogP contribution in [0, 0.1) is 0 Å². The Morgan fingerprint density at radius 1 is 1.56 bits per heavy atom. The quantitative estimate of drug-likeness (QED) is 0.878. The molecule has 1 fully saturated rings. The third kappa shape index (κ3) is 2.11. The molecule has 0 saturated heterocycles. The van der Waals surface area contributed by atoms with Gasteiger partial charge in [-0.25, -0.2) is 4.98 Å². The van der Waals surface area contributed by atoms with Crippen LogP contribution in [0.1, 0.15) is 23.3 Å². The maximum atomic E-state index is 12.1. The highest BCUT2D eigenvalue weighted by Gasteiger charge is 2.31. The van der Waals surface area contributed by atoms with Crippen molar-refractivity contribution in [3.63, 3.8) is 0 Å². The van der Waals surface area contributed by atoms with Crippen molar-refractivity contribution in [3.05, 3.63) is 22.8 Å². The average molecular weight is 240 g/mol. The molecule has 1 N–H and O–H groups in total. The first-order valence-corrected chi connectivity index (χ1v) is 5.62. The molecule has 1 aromatic rings. The topological polar surface area (TPSA) is 45.2 Å². The van der Waals surface area contributed by atoms with Crippen LogP contribution in [0.15, 0.2) is 12.1 Å². The second-order valence-electron chi connectivity index (χ2n) is 3.92. The summed E-state index contributed by atoms with van der Waals surface area (Å²) in [5.74, 6) is 0.543. The van der Waals surface area contributed by atoms with E-state index in [9.17, 15) is 4.79 Å². The van der Waals surface area contributed by atoms with E-state index in [1.165, 1.54) is 0 Å². The summed E-state index contributed by atoms with van der Waals surface area (Å²) in [6.07, 6.45) is 2.15. The molecule has 16 heavy (non-hydrogen) atoms. The highest BCUT2D eigenvalue weighted by atomic mass is 35.5. The SMILES string of the molecule is CNc1ccc(Cl)c(C(=O)N(C)C2CC2)n1. The zero-order valence-corrected chi connectivity index (χ0v) is 10.1. The van der Waals surface area contributed by atoms with Crippen LogP contribution in [-0.2, 0) is 0 Å². The highest BCUT2D eigenvalue weighted by Crippen LogP contribution is 2.28. The molecule has 1 amide bonds. The van der Waals surface area contributed by atoms with Gasteiger partial charge in [0.1, 0.15) is 11.5 Å². The number of aromatic nitrogens is 1. The predicted molar refractivity (Wildman–Crippen MR) is 63.9 cm³/mol. The lowest BCUT2D eigenvalue weighted by Gasteiger charge is -2.16. The van der Waals surface area contributed by atoms with Crippen LogP contribution >= 0.6 is 11.6 Å². The van der Waals surface area contributed by atoms with E-state index in [1.807, 2.05) is 0 Å². The Morgan fingerprint density at radius 3 is 2.81 bits per heavy atom. The van der Waals surface area contributed by atoms with E-state index in [-0.39, 0.29) is 5.91 Å². The number of nitrogens with one attached hydrogen (secondary N) is 1. The van der Waals surface area contributed by atoms with E-state index < -0.39 is 0 Å². The van der Waals surface area contributed by atoms with Gasteiger partial charge in [-0.15, -0.1) is 0 Å². The molecule has 1 saturated carbocycles. The molecule has 1 aliphatic rings. The van der Waals surface area contributed by atoms with Crippen molar-refractivity contribution in [1.82, 2.24) is 9.88 Å². The number of hydrogen-bond acceptors (Lipinski definition) is 3. The first-order chi connectivity index (χ1) is 7.63. The van der Waals surface area contributed by atoms with E-state index in [1.54, 1.807) is 31.1 Å². The maximum absolute atomic E-state index is 12.1. The van der Waals surface area contributed by atoms with Crippen LogP contribution in [0.4, 0.5) is 5.82 Å². The number of carbonyl (C=O) groups excluding carboxylic acids is 1. The van der Waals surface area contributed by atoms with Gasteiger partial charge < -0.3 is 10.2 Å². The molecule has 1 aromatic heterocycles. The lowest BCUT2D eigenvalue weighted by molar-refractivity contribution is 0.0779. The summed E-state index contributed by atoms with van der Waals surface area (Å²) < 4.78 is 0. The fourth-order valence-corrected chi connectivity index (χ4v) is 1.71. The lowest BCUT2D eigenvalue weighted by atomic mass is 10.3. The number of anilines is 1. The molecular formula is C11H14ClN3O. The number of amides is 1. The highest BCUT2D eigenvalue weighted by molar-refractivity contribution is 6.33. The Balaban J connectivity index is 2.27. The summed E-state index contributed by atoms with van der Waals surface area (Å²) in [6.45, 7) is 0. The van der Waals surface area contributed by atoms with Gasteiger partial charge in [-0.1, -0.05) is 11.6 Å². The Hall–Kier alpha value is -1.29. The number of halogens is 1. The van der Waals surface area contributed by atoms with Crippen molar-refractivity contribution < 1.29 is 4.79 Å². The predicted octanol–water partition coefficient (Wildman–Crippen LogP) is 2.01. The summed E-state index contributed by atoms with van der Waals surface area (Å²) in [4.78, 5) is 18.0. The molecule has 0 aliphatic heterocycles. The van der Waals surface area contributed by atoms with Crippen LogP contribution in [-0.4, -0.2) is 35.9 Å². The van der Waals surface area contributed by atoms with Gasteiger partial charge in [0.15, 0.2) is 0 Å². The van der Waals surface area contributed by atoms with Crippen LogP contribution in [0.25, 0.3) is 0 Å². The number of hydrogen-bond donors (Lipinski definition) is 1. The Bertz CT molecular complexity index is 418. The summed E-state index contributed by atoms with van der Waals surface area (Å²) in [5.41, 5.74) is 0.322. The first-order valence-electron chi connectivity index (χ1n) is 5.25. The average Bonchev–Trinajstić information content (AvgIpc) is 3.12. The van der Waals surface area contributed by atoms with Crippen molar-refractivity contribution in [2.45, 2.75) is 18.9 Å². The summed E-state index contributed by atoms with van der Waals surface area (Å²) in [7, 11) is 3.55. The Kier molecular flexibility index (Phi) is 3.01. The monoisotopic (exact) mass is 239 g/mol. The van der Waals surface area contributed by atoms with Gasteiger partial charge in [-0.3, -0.25) is 4.79 Å². The van der Waals surface area contributed by atoms with E-state index >= 15 is 0 Å². The van der Waals surface area contributed by atoms with Gasteiger partial charge in [-0.05, 0) is 25.0 Å². The zero-order chi connectivity index (χ0) is 11.7.